The van der Waals surface area contributed by atoms with Gasteiger partial charge in [0.05, 0.1) is 0 Å². The molecule has 0 aromatic heterocycles. The first-order chi connectivity index (χ1) is 11.6. The molecule has 0 atom stereocenters. The van der Waals surface area contributed by atoms with E-state index in [1.807, 2.05) is 4.90 Å². The zero-order valence-corrected chi connectivity index (χ0v) is 13.3. The zero-order valence-electron chi connectivity index (χ0n) is 13.3. The van der Waals surface area contributed by atoms with Crippen LogP contribution in [0.15, 0.2) is 24.3 Å². The average molecular weight is 336 g/mol. The van der Waals surface area contributed by atoms with Crippen LogP contribution in [0.1, 0.15) is 6.42 Å². The van der Waals surface area contributed by atoms with Crippen molar-refractivity contribution in [3.8, 4) is 0 Å². The van der Waals surface area contributed by atoms with Crippen LogP contribution in [-0.2, 0) is 14.4 Å². The predicted octanol–water partition coefficient (Wildman–Crippen LogP) is -0.273. The van der Waals surface area contributed by atoms with Crippen molar-refractivity contribution in [2.75, 3.05) is 44.2 Å². The number of hydrogen-bond donors (Lipinski definition) is 2. The van der Waals surface area contributed by atoms with Gasteiger partial charge in [0.15, 0.2) is 0 Å². The molecule has 1 heterocycles. The molecule has 0 spiro atoms. The molecular formula is C16H21FN4O3. The van der Waals surface area contributed by atoms with Gasteiger partial charge in [-0.3, -0.25) is 14.4 Å². The Morgan fingerprint density at radius 3 is 2.38 bits per heavy atom. The van der Waals surface area contributed by atoms with Crippen molar-refractivity contribution in [2.45, 2.75) is 6.42 Å². The van der Waals surface area contributed by atoms with E-state index in [0.29, 0.717) is 52.1 Å². The van der Waals surface area contributed by atoms with E-state index in [2.05, 4.69) is 10.6 Å². The number of piperazine rings is 1. The van der Waals surface area contributed by atoms with Crippen LogP contribution in [0.5, 0.6) is 0 Å². The topological polar surface area (TPSA) is 81.8 Å². The lowest BCUT2D eigenvalue weighted by molar-refractivity contribution is -0.146. The van der Waals surface area contributed by atoms with E-state index in [-0.39, 0.29) is 5.82 Å². The molecule has 1 fully saturated rings. The Kier molecular flexibility index (Phi) is 6.53. The number of rotatable bonds is 6. The van der Waals surface area contributed by atoms with Crippen molar-refractivity contribution in [1.82, 2.24) is 15.5 Å². The molecule has 0 aliphatic carbocycles. The van der Waals surface area contributed by atoms with E-state index in [1.54, 1.807) is 12.1 Å². The highest BCUT2D eigenvalue weighted by Crippen LogP contribution is 2.16. The van der Waals surface area contributed by atoms with Crippen LogP contribution >= 0.6 is 0 Å². The molecule has 0 radical (unpaired) electrons. The SMILES string of the molecule is O=CNCCCNC(=O)C(=O)N1CCN(c2ccc(F)cc2)CC1. The van der Waals surface area contributed by atoms with Crippen molar-refractivity contribution < 1.29 is 18.8 Å². The number of carbonyl (C=O) groups excluding carboxylic acids is 3. The minimum atomic E-state index is -0.628. The van der Waals surface area contributed by atoms with Gasteiger partial charge in [-0.15, -0.1) is 0 Å². The van der Waals surface area contributed by atoms with Crippen LogP contribution in [0.25, 0.3) is 0 Å². The van der Waals surface area contributed by atoms with Gasteiger partial charge in [-0.2, -0.15) is 0 Å². The molecule has 24 heavy (non-hydrogen) atoms. The Bertz CT molecular complexity index is 571. The quantitative estimate of drug-likeness (QED) is 0.426. The van der Waals surface area contributed by atoms with Crippen molar-refractivity contribution in [3.05, 3.63) is 30.1 Å². The average Bonchev–Trinajstić information content (AvgIpc) is 2.61. The summed E-state index contributed by atoms with van der Waals surface area (Å²) in [4.78, 5) is 37.5. The third kappa shape index (κ3) is 4.94. The van der Waals surface area contributed by atoms with Crippen molar-refractivity contribution >= 4 is 23.9 Å². The van der Waals surface area contributed by atoms with Crippen molar-refractivity contribution in [3.63, 3.8) is 0 Å². The monoisotopic (exact) mass is 336 g/mol. The minimum Gasteiger partial charge on any atom is -0.368 e. The second kappa shape index (κ2) is 8.85. The number of halogens is 1. The summed E-state index contributed by atoms with van der Waals surface area (Å²) < 4.78 is 12.9. The zero-order chi connectivity index (χ0) is 17.4. The molecule has 0 saturated carbocycles. The largest absolute Gasteiger partial charge is 0.368 e. The molecule has 2 rings (SSSR count). The maximum Gasteiger partial charge on any atom is 0.312 e. The van der Waals surface area contributed by atoms with Gasteiger partial charge in [0.1, 0.15) is 5.82 Å². The fraction of sp³-hybridized carbons (Fsp3) is 0.438. The molecule has 7 nitrogen and oxygen atoms in total. The van der Waals surface area contributed by atoms with Gasteiger partial charge >= 0.3 is 11.8 Å². The molecule has 1 aromatic carbocycles. The van der Waals surface area contributed by atoms with Gasteiger partial charge < -0.3 is 20.4 Å². The smallest absolute Gasteiger partial charge is 0.312 e. The van der Waals surface area contributed by atoms with E-state index in [1.165, 1.54) is 17.0 Å². The van der Waals surface area contributed by atoms with E-state index in [0.717, 1.165) is 5.69 Å². The van der Waals surface area contributed by atoms with E-state index in [4.69, 9.17) is 0 Å². The molecule has 130 valence electrons. The second-order valence-electron chi connectivity index (χ2n) is 5.44. The fourth-order valence-corrected chi connectivity index (χ4v) is 2.49. The maximum absolute atomic E-state index is 12.9. The highest BCUT2D eigenvalue weighted by molar-refractivity contribution is 6.35. The Labute approximate surface area is 139 Å². The molecule has 0 bridgehead atoms. The van der Waals surface area contributed by atoms with Gasteiger partial charge in [0, 0.05) is 45.0 Å². The van der Waals surface area contributed by atoms with E-state index in [9.17, 15) is 18.8 Å². The molecule has 0 unspecified atom stereocenters. The van der Waals surface area contributed by atoms with Crippen LogP contribution < -0.4 is 15.5 Å². The third-order valence-corrected chi connectivity index (χ3v) is 3.82. The number of benzene rings is 1. The first kappa shape index (κ1) is 17.7. The van der Waals surface area contributed by atoms with Gasteiger partial charge in [0.2, 0.25) is 6.41 Å². The maximum atomic E-state index is 12.9. The summed E-state index contributed by atoms with van der Waals surface area (Å²) in [5.74, 6) is -1.46. The summed E-state index contributed by atoms with van der Waals surface area (Å²) in [5.41, 5.74) is 0.899. The van der Waals surface area contributed by atoms with Gasteiger partial charge in [-0.1, -0.05) is 0 Å². The highest BCUT2D eigenvalue weighted by atomic mass is 19.1. The summed E-state index contributed by atoms with van der Waals surface area (Å²) >= 11 is 0. The van der Waals surface area contributed by atoms with Crippen LogP contribution in [0.3, 0.4) is 0 Å². The first-order valence-electron chi connectivity index (χ1n) is 7.86. The Morgan fingerprint density at radius 2 is 1.75 bits per heavy atom. The second-order valence-corrected chi connectivity index (χ2v) is 5.44. The van der Waals surface area contributed by atoms with Crippen LogP contribution in [0, 0.1) is 5.82 Å². The fourth-order valence-electron chi connectivity index (χ4n) is 2.49. The number of hydrogen-bond acceptors (Lipinski definition) is 4. The van der Waals surface area contributed by atoms with Crippen LogP contribution in [-0.4, -0.2) is 62.4 Å². The summed E-state index contributed by atoms with van der Waals surface area (Å²) in [7, 11) is 0. The molecule has 1 saturated heterocycles. The number of nitrogens with zero attached hydrogens (tertiary/aromatic N) is 2. The lowest BCUT2D eigenvalue weighted by Crippen LogP contribution is -2.52. The number of amides is 3. The Morgan fingerprint density at radius 1 is 1.08 bits per heavy atom. The first-order valence-corrected chi connectivity index (χ1v) is 7.86. The molecule has 1 aromatic rings. The lowest BCUT2D eigenvalue weighted by Gasteiger charge is -2.35. The Hall–Kier alpha value is -2.64. The van der Waals surface area contributed by atoms with Gasteiger partial charge in [-0.05, 0) is 30.7 Å². The standard InChI is InChI=1S/C16H21FN4O3/c17-13-2-4-14(5-3-13)20-8-10-21(11-9-20)16(24)15(23)19-7-1-6-18-12-22/h2-5,12H,1,6-11H2,(H,18,22)(H,19,23). The van der Waals surface area contributed by atoms with Crippen molar-refractivity contribution in [1.29, 1.82) is 0 Å². The molecule has 2 N–H and O–H groups in total. The number of nitrogens with one attached hydrogen (secondary N) is 2. The lowest BCUT2D eigenvalue weighted by atomic mass is 10.2. The van der Waals surface area contributed by atoms with Crippen LogP contribution in [0.2, 0.25) is 0 Å². The molecular weight excluding hydrogens is 315 g/mol. The van der Waals surface area contributed by atoms with Gasteiger partial charge in [0.25, 0.3) is 0 Å². The highest BCUT2D eigenvalue weighted by Gasteiger charge is 2.25. The summed E-state index contributed by atoms with van der Waals surface area (Å²) in [6.07, 6.45) is 1.16. The van der Waals surface area contributed by atoms with E-state index >= 15 is 0 Å². The van der Waals surface area contributed by atoms with Crippen molar-refractivity contribution in [2.24, 2.45) is 0 Å². The molecule has 1 aliphatic heterocycles. The molecule has 8 heteroatoms. The number of anilines is 1. The molecule has 1 aliphatic rings. The van der Waals surface area contributed by atoms with Gasteiger partial charge in [-0.25, -0.2) is 4.39 Å². The summed E-state index contributed by atoms with van der Waals surface area (Å²) in [6, 6.07) is 6.21. The minimum absolute atomic E-state index is 0.285. The predicted molar refractivity (Wildman–Crippen MR) is 86.9 cm³/mol. The summed E-state index contributed by atoms with van der Waals surface area (Å²) in [5, 5.41) is 5.03. The normalized spacial score (nSPS) is 14.2. The number of carbonyl (C=O) groups is 3. The summed E-state index contributed by atoms with van der Waals surface area (Å²) in [6.45, 7) is 2.85. The van der Waals surface area contributed by atoms with E-state index < -0.39 is 11.8 Å². The third-order valence-electron chi connectivity index (χ3n) is 3.82. The Balaban J connectivity index is 1.74. The molecule has 3 amide bonds. The van der Waals surface area contributed by atoms with Crippen LogP contribution in [0.4, 0.5) is 10.1 Å².